The third-order valence-electron chi connectivity index (χ3n) is 4.07. The summed E-state index contributed by atoms with van der Waals surface area (Å²) < 4.78 is 5.57. The normalized spacial score (nSPS) is 20.6. The van der Waals surface area contributed by atoms with Crippen molar-refractivity contribution in [1.82, 2.24) is 9.80 Å². The second-order valence-corrected chi connectivity index (χ2v) is 5.64. The minimum Gasteiger partial charge on any atom is -0.380 e. The Balaban J connectivity index is 1.50. The van der Waals surface area contributed by atoms with Crippen LogP contribution in [0.5, 0.6) is 0 Å². The molecule has 0 aliphatic carbocycles. The third-order valence-corrected chi connectivity index (χ3v) is 4.07. The average molecular weight is 282 g/mol. The molecule has 2 amide bonds. The van der Waals surface area contributed by atoms with Gasteiger partial charge in [-0.25, -0.2) is 0 Å². The summed E-state index contributed by atoms with van der Waals surface area (Å²) in [5.74, 6) is 0.550. The molecular weight excluding hydrogens is 256 g/mol. The fourth-order valence-electron chi connectivity index (χ4n) is 2.85. The molecule has 0 saturated carbocycles. The van der Waals surface area contributed by atoms with Crippen molar-refractivity contribution in [2.24, 2.45) is 0 Å². The minimum absolute atomic E-state index is 0.253. The molecule has 2 rings (SSSR count). The van der Waals surface area contributed by atoms with Crippen LogP contribution in [0.2, 0.25) is 0 Å². The highest BCUT2D eigenvalue weighted by Crippen LogP contribution is 2.11. The molecule has 5 nitrogen and oxygen atoms in total. The minimum atomic E-state index is 0.253. The molecule has 0 aromatic carbocycles. The van der Waals surface area contributed by atoms with E-state index in [0.717, 1.165) is 45.3 Å². The maximum absolute atomic E-state index is 11.8. The first-order valence-corrected chi connectivity index (χ1v) is 7.90. The Bertz CT molecular complexity index is 333. The number of amides is 2. The molecule has 2 aliphatic rings. The third kappa shape index (κ3) is 4.78. The summed E-state index contributed by atoms with van der Waals surface area (Å²) in [6, 6.07) is 0. The van der Waals surface area contributed by atoms with Gasteiger partial charge >= 0.3 is 0 Å². The lowest BCUT2D eigenvalue weighted by Crippen LogP contribution is -2.32. The molecule has 0 aromatic rings. The second-order valence-electron chi connectivity index (χ2n) is 5.64. The van der Waals surface area contributed by atoms with E-state index >= 15 is 0 Å². The molecule has 0 radical (unpaired) electrons. The Morgan fingerprint density at radius 2 is 1.50 bits per heavy atom. The smallest absolute Gasteiger partial charge is 0.222 e. The highest BCUT2D eigenvalue weighted by molar-refractivity contribution is 5.78. The van der Waals surface area contributed by atoms with Crippen LogP contribution in [0.25, 0.3) is 0 Å². The molecule has 2 fully saturated rings. The standard InChI is InChI=1S/C15H26N2O3/c18-14-6-2-1-3-8-16(14)10-5-12-20-13-11-17-9-4-7-15(17)19/h1-13H2. The summed E-state index contributed by atoms with van der Waals surface area (Å²) in [7, 11) is 0. The summed E-state index contributed by atoms with van der Waals surface area (Å²) >= 11 is 0. The van der Waals surface area contributed by atoms with Crippen molar-refractivity contribution in [3.05, 3.63) is 0 Å². The lowest BCUT2D eigenvalue weighted by Gasteiger charge is -2.20. The molecule has 0 bridgehead atoms. The number of nitrogens with zero attached hydrogens (tertiary/aromatic N) is 2. The van der Waals surface area contributed by atoms with Gasteiger partial charge in [0.1, 0.15) is 0 Å². The molecule has 2 aliphatic heterocycles. The fraction of sp³-hybridized carbons (Fsp3) is 0.867. The predicted octanol–water partition coefficient (Wildman–Crippen LogP) is 1.42. The zero-order valence-electron chi connectivity index (χ0n) is 12.3. The van der Waals surface area contributed by atoms with Crippen molar-refractivity contribution in [3.63, 3.8) is 0 Å². The van der Waals surface area contributed by atoms with Gasteiger partial charge in [-0.15, -0.1) is 0 Å². The number of rotatable bonds is 7. The first-order valence-electron chi connectivity index (χ1n) is 7.90. The Hall–Kier alpha value is -1.10. The summed E-state index contributed by atoms with van der Waals surface area (Å²) in [5, 5.41) is 0. The van der Waals surface area contributed by atoms with E-state index in [1.165, 1.54) is 6.42 Å². The molecule has 0 atom stereocenters. The highest BCUT2D eigenvalue weighted by atomic mass is 16.5. The largest absolute Gasteiger partial charge is 0.380 e. The van der Waals surface area contributed by atoms with Crippen LogP contribution in [-0.4, -0.2) is 61.0 Å². The fourth-order valence-corrected chi connectivity index (χ4v) is 2.85. The van der Waals surface area contributed by atoms with Gasteiger partial charge in [0, 0.05) is 45.6 Å². The van der Waals surface area contributed by atoms with Crippen molar-refractivity contribution < 1.29 is 14.3 Å². The van der Waals surface area contributed by atoms with Crippen LogP contribution in [0.15, 0.2) is 0 Å². The summed E-state index contributed by atoms with van der Waals surface area (Å²) in [6.45, 7) is 4.58. The average Bonchev–Trinajstić information content (AvgIpc) is 2.73. The maximum Gasteiger partial charge on any atom is 0.222 e. The molecule has 0 N–H and O–H groups in total. The molecular formula is C15H26N2O3. The number of carbonyl (C=O) groups is 2. The van der Waals surface area contributed by atoms with Gasteiger partial charge in [0.15, 0.2) is 0 Å². The lowest BCUT2D eigenvalue weighted by molar-refractivity contribution is -0.131. The second kappa shape index (κ2) is 8.25. The van der Waals surface area contributed by atoms with Crippen molar-refractivity contribution in [3.8, 4) is 0 Å². The molecule has 0 unspecified atom stereocenters. The van der Waals surface area contributed by atoms with Crippen LogP contribution in [0, 0.1) is 0 Å². The number of carbonyl (C=O) groups excluding carboxylic acids is 2. The topological polar surface area (TPSA) is 49.9 Å². The van der Waals surface area contributed by atoms with Gasteiger partial charge in [-0.1, -0.05) is 6.42 Å². The molecule has 0 spiro atoms. The van der Waals surface area contributed by atoms with E-state index < -0.39 is 0 Å². The van der Waals surface area contributed by atoms with Crippen molar-refractivity contribution in [1.29, 1.82) is 0 Å². The van der Waals surface area contributed by atoms with Crippen LogP contribution >= 0.6 is 0 Å². The van der Waals surface area contributed by atoms with E-state index in [-0.39, 0.29) is 5.91 Å². The molecule has 0 aromatic heterocycles. The van der Waals surface area contributed by atoms with E-state index in [0.29, 0.717) is 38.5 Å². The van der Waals surface area contributed by atoms with Gasteiger partial charge in [-0.2, -0.15) is 0 Å². The first kappa shape index (κ1) is 15.3. The van der Waals surface area contributed by atoms with Crippen LogP contribution in [0.3, 0.4) is 0 Å². The summed E-state index contributed by atoms with van der Waals surface area (Å²) in [5.41, 5.74) is 0. The van der Waals surface area contributed by atoms with Gasteiger partial charge in [-0.05, 0) is 25.7 Å². The van der Waals surface area contributed by atoms with Crippen molar-refractivity contribution in [2.45, 2.75) is 44.9 Å². The molecule has 5 heteroatoms. The van der Waals surface area contributed by atoms with Gasteiger partial charge in [0.2, 0.25) is 11.8 Å². The lowest BCUT2D eigenvalue weighted by atomic mass is 10.2. The van der Waals surface area contributed by atoms with E-state index in [9.17, 15) is 9.59 Å². The van der Waals surface area contributed by atoms with Crippen LogP contribution in [-0.2, 0) is 14.3 Å². The van der Waals surface area contributed by atoms with Gasteiger partial charge < -0.3 is 14.5 Å². The zero-order valence-corrected chi connectivity index (χ0v) is 12.3. The van der Waals surface area contributed by atoms with E-state index in [1.807, 2.05) is 9.80 Å². The molecule has 2 heterocycles. The molecule has 20 heavy (non-hydrogen) atoms. The van der Waals surface area contributed by atoms with E-state index in [4.69, 9.17) is 4.74 Å². The van der Waals surface area contributed by atoms with Gasteiger partial charge in [0.25, 0.3) is 0 Å². The summed E-state index contributed by atoms with van der Waals surface area (Å²) in [4.78, 5) is 27.0. The highest BCUT2D eigenvalue weighted by Gasteiger charge is 2.19. The van der Waals surface area contributed by atoms with Crippen LogP contribution in [0.1, 0.15) is 44.9 Å². The Labute approximate surface area is 121 Å². The van der Waals surface area contributed by atoms with E-state index in [2.05, 4.69) is 0 Å². The predicted molar refractivity (Wildman–Crippen MR) is 76.3 cm³/mol. The maximum atomic E-state index is 11.8. The van der Waals surface area contributed by atoms with Crippen molar-refractivity contribution in [2.75, 3.05) is 39.4 Å². The van der Waals surface area contributed by atoms with Gasteiger partial charge in [-0.3, -0.25) is 9.59 Å². The Morgan fingerprint density at radius 3 is 2.25 bits per heavy atom. The number of hydrogen-bond acceptors (Lipinski definition) is 3. The van der Waals surface area contributed by atoms with Crippen LogP contribution < -0.4 is 0 Å². The molecule has 114 valence electrons. The Morgan fingerprint density at radius 1 is 0.800 bits per heavy atom. The summed E-state index contributed by atoms with van der Waals surface area (Å²) in [6.07, 6.45) is 6.60. The SMILES string of the molecule is O=C1CCCCCN1CCCOCCN1CCCC1=O. The molecule has 2 saturated heterocycles. The van der Waals surface area contributed by atoms with Crippen LogP contribution in [0.4, 0.5) is 0 Å². The van der Waals surface area contributed by atoms with E-state index in [1.54, 1.807) is 0 Å². The quantitative estimate of drug-likeness (QED) is 0.664. The number of likely N-dealkylation sites (tertiary alicyclic amines) is 2. The number of hydrogen-bond donors (Lipinski definition) is 0. The number of ether oxygens (including phenoxy) is 1. The first-order chi connectivity index (χ1) is 9.77. The van der Waals surface area contributed by atoms with Crippen molar-refractivity contribution >= 4 is 11.8 Å². The zero-order chi connectivity index (χ0) is 14.2. The monoisotopic (exact) mass is 282 g/mol. The van der Waals surface area contributed by atoms with Gasteiger partial charge in [0.05, 0.1) is 6.61 Å². The Kier molecular flexibility index (Phi) is 6.30.